The lowest BCUT2D eigenvalue weighted by molar-refractivity contribution is -0.116. The molecule has 0 saturated carbocycles. The molecule has 0 bridgehead atoms. The predicted molar refractivity (Wildman–Crippen MR) is 53.2 cm³/mol. The van der Waals surface area contributed by atoms with Crippen molar-refractivity contribution in [2.24, 2.45) is 5.92 Å². The van der Waals surface area contributed by atoms with Gasteiger partial charge in [-0.2, -0.15) is 0 Å². The van der Waals surface area contributed by atoms with Gasteiger partial charge in [0.2, 0.25) is 5.91 Å². The Morgan fingerprint density at radius 3 is 2.77 bits per heavy atom. The SMILES string of the molecule is CC=CC=CC(=O)NCC(C)CO. The maximum atomic E-state index is 11.0. The van der Waals surface area contributed by atoms with Crippen LogP contribution in [0.2, 0.25) is 0 Å². The maximum Gasteiger partial charge on any atom is 0.243 e. The van der Waals surface area contributed by atoms with Crippen LogP contribution in [-0.4, -0.2) is 24.2 Å². The highest BCUT2D eigenvalue weighted by molar-refractivity contribution is 5.87. The molecule has 0 aromatic carbocycles. The van der Waals surface area contributed by atoms with Crippen molar-refractivity contribution in [2.75, 3.05) is 13.2 Å². The summed E-state index contributed by atoms with van der Waals surface area (Å²) < 4.78 is 0. The lowest BCUT2D eigenvalue weighted by atomic mass is 10.2. The van der Waals surface area contributed by atoms with Crippen molar-refractivity contribution in [3.8, 4) is 0 Å². The molecule has 0 saturated heterocycles. The van der Waals surface area contributed by atoms with Crippen molar-refractivity contribution >= 4 is 5.91 Å². The summed E-state index contributed by atoms with van der Waals surface area (Å²) in [5.74, 6) is -0.0162. The van der Waals surface area contributed by atoms with Crippen molar-refractivity contribution in [3.05, 3.63) is 24.3 Å². The average molecular weight is 183 g/mol. The van der Waals surface area contributed by atoms with Crippen LogP contribution in [0.5, 0.6) is 0 Å². The molecule has 1 atom stereocenters. The second-order valence-corrected chi connectivity index (χ2v) is 2.92. The number of aliphatic hydroxyl groups excluding tert-OH is 1. The fourth-order valence-corrected chi connectivity index (χ4v) is 0.652. The molecule has 13 heavy (non-hydrogen) atoms. The molecule has 0 aromatic rings. The molecule has 0 aliphatic carbocycles. The minimum absolute atomic E-state index is 0.0961. The van der Waals surface area contributed by atoms with E-state index in [4.69, 9.17) is 5.11 Å². The summed E-state index contributed by atoms with van der Waals surface area (Å²) in [6, 6.07) is 0. The highest BCUT2D eigenvalue weighted by Gasteiger charge is 2.00. The van der Waals surface area contributed by atoms with E-state index in [0.717, 1.165) is 0 Å². The topological polar surface area (TPSA) is 49.3 Å². The number of nitrogens with one attached hydrogen (secondary N) is 1. The summed E-state index contributed by atoms with van der Waals surface area (Å²) in [6.07, 6.45) is 6.78. The zero-order chi connectivity index (χ0) is 10.1. The van der Waals surface area contributed by atoms with E-state index in [0.29, 0.717) is 6.54 Å². The number of allylic oxidation sites excluding steroid dienone is 3. The van der Waals surface area contributed by atoms with Gasteiger partial charge in [-0.1, -0.05) is 25.2 Å². The fourth-order valence-electron chi connectivity index (χ4n) is 0.652. The van der Waals surface area contributed by atoms with Crippen LogP contribution in [0, 0.1) is 5.92 Å². The van der Waals surface area contributed by atoms with Gasteiger partial charge in [0.25, 0.3) is 0 Å². The van der Waals surface area contributed by atoms with Crippen LogP contribution in [0.25, 0.3) is 0 Å². The molecule has 0 heterocycles. The second-order valence-electron chi connectivity index (χ2n) is 2.92. The molecule has 3 heteroatoms. The molecule has 0 radical (unpaired) electrons. The number of aliphatic hydroxyl groups is 1. The highest BCUT2D eigenvalue weighted by atomic mass is 16.3. The van der Waals surface area contributed by atoms with Gasteiger partial charge in [0.05, 0.1) is 0 Å². The molecule has 0 spiro atoms. The number of hydrogen-bond donors (Lipinski definition) is 2. The summed E-state index contributed by atoms with van der Waals surface area (Å²) >= 11 is 0. The molecule has 0 fully saturated rings. The normalized spacial score (nSPS) is 13.8. The van der Waals surface area contributed by atoms with Crippen LogP contribution in [0.4, 0.5) is 0 Å². The summed E-state index contributed by atoms with van der Waals surface area (Å²) in [5.41, 5.74) is 0. The maximum absolute atomic E-state index is 11.0. The number of rotatable bonds is 5. The molecule has 0 aliphatic rings. The summed E-state index contributed by atoms with van der Waals surface area (Å²) in [5, 5.41) is 11.4. The quantitative estimate of drug-likeness (QED) is 0.490. The fraction of sp³-hybridized carbons (Fsp3) is 0.500. The number of carbonyl (C=O) groups is 1. The number of carbonyl (C=O) groups excluding carboxylic acids is 1. The molecule has 3 nitrogen and oxygen atoms in total. The first-order valence-electron chi connectivity index (χ1n) is 4.38. The minimum Gasteiger partial charge on any atom is -0.396 e. The number of hydrogen-bond acceptors (Lipinski definition) is 2. The first-order chi connectivity index (χ1) is 6.20. The van der Waals surface area contributed by atoms with Crippen molar-refractivity contribution in [2.45, 2.75) is 13.8 Å². The van der Waals surface area contributed by atoms with Crippen molar-refractivity contribution in [3.63, 3.8) is 0 Å². The van der Waals surface area contributed by atoms with Crippen molar-refractivity contribution < 1.29 is 9.90 Å². The third-order valence-corrected chi connectivity index (χ3v) is 1.49. The standard InChI is InChI=1S/C10H17NO2/c1-3-4-5-6-10(13)11-7-9(2)8-12/h3-6,9,12H,7-8H2,1-2H3,(H,11,13). The zero-order valence-corrected chi connectivity index (χ0v) is 8.16. The number of amides is 1. The molecule has 1 unspecified atom stereocenters. The van der Waals surface area contributed by atoms with Gasteiger partial charge in [0.1, 0.15) is 0 Å². The van der Waals surface area contributed by atoms with Gasteiger partial charge in [-0.05, 0) is 12.8 Å². The largest absolute Gasteiger partial charge is 0.396 e. The van der Waals surface area contributed by atoms with Crippen LogP contribution in [0.3, 0.4) is 0 Å². The van der Waals surface area contributed by atoms with Crippen LogP contribution in [-0.2, 0) is 4.79 Å². The zero-order valence-electron chi connectivity index (χ0n) is 8.16. The summed E-state index contributed by atoms with van der Waals surface area (Å²) in [4.78, 5) is 11.0. The van der Waals surface area contributed by atoms with E-state index in [-0.39, 0.29) is 18.4 Å². The Morgan fingerprint density at radius 2 is 2.23 bits per heavy atom. The van der Waals surface area contributed by atoms with Crippen molar-refractivity contribution in [1.29, 1.82) is 0 Å². The van der Waals surface area contributed by atoms with E-state index < -0.39 is 0 Å². The Balaban J connectivity index is 3.63. The van der Waals surface area contributed by atoms with Gasteiger partial charge in [-0.15, -0.1) is 0 Å². The van der Waals surface area contributed by atoms with Gasteiger partial charge < -0.3 is 10.4 Å². The third-order valence-electron chi connectivity index (χ3n) is 1.49. The predicted octanol–water partition coefficient (Wildman–Crippen LogP) is 0.863. The minimum atomic E-state index is -0.126. The molecule has 0 rings (SSSR count). The Bertz CT molecular complexity index is 197. The summed E-state index contributed by atoms with van der Waals surface area (Å²) in [7, 11) is 0. The Labute approximate surface area is 79.2 Å². The summed E-state index contributed by atoms with van der Waals surface area (Å²) in [6.45, 7) is 4.36. The van der Waals surface area contributed by atoms with E-state index in [1.165, 1.54) is 6.08 Å². The lowest BCUT2D eigenvalue weighted by Gasteiger charge is -2.06. The third kappa shape index (κ3) is 7.28. The van der Waals surface area contributed by atoms with Crippen LogP contribution in [0.15, 0.2) is 24.3 Å². The Hall–Kier alpha value is -1.09. The van der Waals surface area contributed by atoms with Gasteiger partial charge in [-0.25, -0.2) is 0 Å². The molecule has 2 N–H and O–H groups in total. The Kier molecular flexibility index (Phi) is 6.92. The molecule has 0 aliphatic heterocycles. The molecular weight excluding hydrogens is 166 g/mol. The van der Waals surface area contributed by atoms with E-state index in [1.54, 1.807) is 12.2 Å². The van der Waals surface area contributed by atoms with E-state index in [1.807, 2.05) is 19.9 Å². The van der Waals surface area contributed by atoms with Crippen LogP contribution < -0.4 is 5.32 Å². The molecule has 1 amide bonds. The van der Waals surface area contributed by atoms with Crippen molar-refractivity contribution in [1.82, 2.24) is 5.32 Å². The molecule has 74 valence electrons. The first-order valence-corrected chi connectivity index (χ1v) is 4.38. The van der Waals surface area contributed by atoms with E-state index in [2.05, 4.69) is 5.32 Å². The molecular formula is C10H17NO2. The van der Waals surface area contributed by atoms with Gasteiger partial charge in [0.15, 0.2) is 0 Å². The smallest absolute Gasteiger partial charge is 0.243 e. The van der Waals surface area contributed by atoms with Gasteiger partial charge >= 0.3 is 0 Å². The first kappa shape index (κ1) is 11.9. The van der Waals surface area contributed by atoms with Gasteiger partial charge in [-0.3, -0.25) is 4.79 Å². The van der Waals surface area contributed by atoms with Gasteiger partial charge in [0, 0.05) is 19.2 Å². The van der Waals surface area contributed by atoms with E-state index in [9.17, 15) is 4.79 Å². The molecule has 0 aromatic heterocycles. The van der Waals surface area contributed by atoms with Crippen LogP contribution >= 0.6 is 0 Å². The van der Waals surface area contributed by atoms with Crippen LogP contribution in [0.1, 0.15) is 13.8 Å². The second kappa shape index (κ2) is 7.55. The monoisotopic (exact) mass is 183 g/mol. The Morgan fingerprint density at radius 1 is 1.54 bits per heavy atom. The lowest BCUT2D eigenvalue weighted by Crippen LogP contribution is -2.27. The van der Waals surface area contributed by atoms with E-state index >= 15 is 0 Å². The highest BCUT2D eigenvalue weighted by Crippen LogP contribution is 1.88. The average Bonchev–Trinajstić information content (AvgIpc) is 2.14.